The van der Waals surface area contributed by atoms with Crippen molar-refractivity contribution < 1.29 is 98.9 Å². The highest BCUT2D eigenvalue weighted by Crippen LogP contribution is 2.39. The minimum Gasteiger partial charge on any atom is -0.507 e. The summed E-state index contributed by atoms with van der Waals surface area (Å²) >= 11 is 0. The summed E-state index contributed by atoms with van der Waals surface area (Å²) in [6.45, 7) is -0.0992. The van der Waals surface area contributed by atoms with E-state index in [9.17, 15) is 66.1 Å². The second-order valence-electron chi connectivity index (χ2n) is 13.3. The van der Waals surface area contributed by atoms with Crippen LogP contribution in [0, 0.1) is 0 Å². The van der Waals surface area contributed by atoms with Crippen molar-refractivity contribution >= 4 is 11.0 Å². The monoisotopic (exact) mass is 786 g/mol. The highest BCUT2D eigenvalue weighted by molar-refractivity contribution is 5.88. The molecule has 304 valence electrons. The van der Waals surface area contributed by atoms with E-state index in [0.29, 0.717) is 0 Å². The van der Waals surface area contributed by atoms with Gasteiger partial charge in [-0.15, -0.1) is 0 Å². The van der Waals surface area contributed by atoms with Gasteiger partial charge in [-0.05, 0) is 25.1 Å². The van der Waals surface area contributed by atoms with Crippen LogP contribution in [0.5, 0.6) is 28.7 Å². The van der Waals surface area contributed by atoms with Gasteiger partial charge >= 0.3 is 0 Å². The highest BCUT2D eigenvalue weighted by Gasteiger charge is 2.52. The number of methoxy groups -OCH3 is 1. The number of aliphatic hydroxyl groups excluding tert-OH is 9. The van der Waals surface area contributed by atoms with Gasteiger partial charge in [0.05, 0.1) is 26.4 Å². The van der Waals surface area contributed by atoms with Crippen LogP contribution in [0.3, 0.4) is 0 Å². The molecule has 3 saturated heterocycles. The Kier molecular flexibility index (Phi) is 12.1. The summed E-state index contributed by atoms with van der Waals surface area (Å²) in [6, 6.07) is 5.89. The standard InChI is InChI=1S/C34H42O21/c1-10-20(38)23(41)27(45)32(50-10)49-9-18-31(55-34-28(46)24(42)21(39)17(8-35)53-34)26(44)29(47)33(54-18)51-12-6-14(37)19-16(7-12)52-30(25(43)22(19)40)11-3-4-15(48-2)13(36)5-11/h3-7,10,17-18,20-21,23-24,26-29,31-39,41-47H,8-9H2,1-2H3/t10-,17-,18+,20-,21-,23+,24+,26+,27+,28-,29+,31+,32+,33?,34+/m0/s1. The molecule has 4 heterocycles. The maximum absolute atomic E-state index is 13.1. The van der Waals surface area contributed by atoms with E-state index in [1.807, 2.05) is 0 Å². The maximum Gasteiger partial charge on any atom is 0.238 e. The highest BCUT2D eigenvalue weighted by atomic mass is 16.8. The molecule has 21 nitrogen and oxygen atoms in total. The fraction of sp³-hybridized carbons (Fsp3) is 0.559. The van der Waals surface area contributed by atoms with Gasteiger partial charge in [-0.1, -0.05) is 0 Å². The van der Waals surface area contributed by atoms with Crippen molar-refractivity contribution in [3.05, 3.63) is 40.6 Å². The lowest BCUT2D eigenvalue weighted by Crippen LogP contribution is -2.65. The Labute approximate surface area is 309 Å². The van der Waals surface area contributed by atoms with E-state index in [-0.39, 0.29) is 28.4 Å². The Balaban J connectivity index is 1.29. The van der Waals surface area contributed by atoms with Crippen LogP contribution in [-0.4, -0.2) is 174 Å². The second-order valence-corrected chi connectivity index (χ2v) is 13.3. The molecule has 0 spiro atoms. The van der Waals surface area contributed by atoms with Crippen molar-refractivity contribution in [2.45, 2.75) is 99.0 Å². The lowest BCUT2D eigenvalue weighted by Gasteiger charge is -2.46. The molecule has 0 bridgehead atoms. The second kappa shape index (κ2) is 16.3. The molecule has 3 aliphatic rings. The fourth-order valence-electron chi connectivity index (χ4n) is 6.47. The zero-order chi connectivity index (χ0) is 40.0. The van der Waals surface area contributed by atoms with Crippen LogP contribution < -0.4 is 14.9 Å². The molecule has 6 rings (SSSR count). The molecule has 55 heavy (non-hydrogen) atoms. The van der Waals surface area contributed by atoms with Crippen LogP contribution in [0.2, 0.25) is 0 Å². The minimum absolute atomic E-state index is 0.0477. The van der Waals surface area contributed by atoms with Gasteiger partial charge in [0, 0.05) is 17.7 Å². The number of rotatable bonds is 10. The van der Waals surface area contributed by atoms with Crippen LogP contribution in [0.15, 0.2) is 39.5 Å². The average molecular weight is 787 g/mol. The summed E-state index contributed by atoms with van der Waals surface area (Å²) in [4.78, 5) is 13.1. The van der Waals surface area contributed by atoms with Gasteiger partial charge in [-0.2, -0.15) is 0 Å². The zero-order valence-electron chi connectivity index (χ0n) is 29.0. The molecule has 3 aliphatic heterocycles. The number of benzene rings is 2. The van der Waals surface area contributed by atoms with Crippen LogP contribution in [-0.2, 0) is 23.7 Å². The molecule has 0 amide bonds. The van der Waals surface area contributed by atoms with Crippen molar-refractivity contribution in [2.75, 3.05) is 20.3 Å². The van der Waals surface area contributed by atoms with Gasteiger partial charge in [0.1, 0.15) is 89.6 Å². The van der Waals surface area contributed by atoms with Crippen molar-refractivity contribution in [3.8, 4) is 40.1 Å². The summed E-state index contributed by atoms with van der Waals surface area (Å²) in [5, 5.41) is 125. The number of hydrogen-bond donors (Lipinski definition) is 12. The topological polar surface area (TPSA) is 338 Å². The van der Waals surface area contributed by atoms with E-state index in [2.05, 4.69) is 0 Å². The molecule has 3 aromatic rings. The van der Waals surface area contributed by atoms with Crippen LogP contribution in [0.4, 0.5) is 0 Å². The van der Waals surface area contributed by atoms with E-state index in [1.54, 1.807) is 0 Å². The first-order valence-electron chi connectivity index (χ1n) is 16.9. The number of phenols is 2. The first-order valence-corrected chi connectivity index (χ1v) is 16.9. The van der Waals surface area contributed by atoms with Crippen molar-refractivity contribution in [1.82, 2.24) is 0 Å². The molecule has 0 aliphatic carbocycles. The number of hydrogen-bond acceptors (Lipinski definition) is 21. The average Bonchev–Trinajstić information content (AvgIpc) is 3.16. The Bertz CT molecular complexity index is 1870. The Morgan fingerprint density at radius 1 is 0.709 bits per heavy atom. The zero-order valence-corrected chi connectivity index (χ0v) is 29.0. The number of aliphatic hydroxyl groups is 9. The molecular formula is C34H42O21. The third-order valence-electron chi connectivity index (χ3n) is 9.63. The van der Waals surface area contributed by atoms with Gasteiger partial charge in [0.15, 0.2) is 29.8 Å². The van der Waals surface area contributed by atoms with Gasteiger partial charge in [0.2, 0.25) is 17.5 Å². The molecule has 0 saturated carbocycles. The van der Waals surface area contributed by atoms with Gasteiger partial charge in [-0.3, -0.25) is 4.79 Å². The number of phenolic OH excluding ortho intramolecular Hbond substituents is 2. The molecule has 1 aromatic heterocycles. The summed E-state index contributed by atoms with van der Waals surface area (Å²) < 4.78 is 44.7. The molecule has 1 unspecified atom stereocenters. The van der Waals surface area contributed by atoms with Crippen molar-refractivity contribution in [2.24, 2.45) is 0 Å². The normalized spacial score (nSPS) is 36.8. The van der Waals surface area contributed by atoms with Crippen molar-refractivity contribution in [1.29, 1.82) is 0 Å². The van der Waals surface area contributed by atoms with E-state index in [4.69, 9.17) is 37.6 Å². The summed E-state index contributed by atoms with van der Waals surface area (Å²) in [5.74, 6) is -2.61. The van der Waals surface area contributed by atoms with Crippen LogP contribution in [0.1, 0.15) is 6.92 Å². The maximum atomic E-state index is 13.1. The van der Waals surface area contributed by atoms with Gasteiger partial charge in [-0.25, -0.2) is 0 Å². The SMILES string of the molecule is COc1ccc(-c2oc3cc(OC4O[C@H](CO[C@@H]5O[C@@H](C)[C@H](O)[C@@H](O)[C@H]5O)[C@@H](O[C@H]5O[C@@H](CO)[C@H](O)[C@@H](O)[C@@H]5O)[C@H](O)[C@H]4O)cc(O)c3c(=O)c2O)cc1O. The Morgan fingerprint density at radius 3 is 2.04 bits per heavy atom. The molecule has 21 heteroatoms. The molecule has 12 N–H and O–H groups in total. The minimum atomic E-state index is -2.01. The molecule has 2 aromatic carbocycles. The van der Waals surface area contributed by atoms with E-state index in [0.717, 1.165) is 18.2 Å². The van der Waals surface area contributed by atoms with Crippen LogP contribution in [0.25, 0.3) is 22.3 Å². The molecular weight excluding hydrogens is 744 g/mol. The Hall–Kier alpha value is -3.91. The quantitative estimate of drug-likeness (QED) is 0.0946. The number of ether oxygens (including phenoxy) is 7. The summed E-state index contributed by atoms with van der Waals surface area (Å²) in [5.41, 5.74) is -1.34. The Morgan fingerprint density at radius 2 is 1.36 bits per heavy atom. The summed E-state index contributed by atoms with van der Waals surface area (Å²) in [7, 11) is 1.31. The molecule has 15 atom stereocenters. The largest absolute Gasteiger partial charge is 0.507 e. The lowest BCUT2D eigenvalue weighted by atomic mass is 9.97. The summed E-state index contributed by atoms with van der Waals surface area (Å²) in [6.07, 6.45) is -25.5. The smallest absolute Gasteiger partial charge is 0.238 e. The first kappa shape index (κ1) is 40.7. The first-order chi connectivity index (χ1) is 26.1. The van der Waals surface area contributed by atoms with Gasteiger partial charge in [0.25, 0.3) is 0 Å². The van der Waals surface area contributed by atoms with Gasteiger partial charge < -0.3 is 98.9 Å². The number of aromatic hydroxyl groups is 3. The van der Waals surface area contributed by atoms with Crippen LogP contribution >= 0.6 is 0 Å². The van der Waals surface area contributed by atoms with E-state index in [1.165, 1.54) is 26.2 Å². The predicted molar refractivity (Wildman–Crippen MR) is 178 cm³/mol. The lowest BCUT2D eigenvalue weighted by molar-refractivity contribution is -0.359. The van der Waals surface area contributed by atoms with E-state index < -0.39 is 133 Å². The van der Waals surface area contributed by atoms with E-state index >= 15 is 0 Å². The fourth-order valence-corrected chi connectivity index (χ4v) is 6.47. The van der Waals surface area contributed by atoms with Crippen molar-refractivity contribution in [3.63, 3.8) is 0 Å². The molecule has 0 radical (unpaired) electrons. The molecule has 3 fully saturated rings. The number of fused-ring (bicyclic) bond motifs is 1. The third kappa shape index (κ3) is 7.77. The third-order valence-corrected chi connectivity index (χ3v) is 9.63. The predicted octanol–water partition coefficient (Wildman–Crippen LogP) is -3.56.